The summed E-state index contributed by atoms with van der Waals surface area (Å²) in [6.07, 6.45) is 25.4. The molecule has 68 heavy (non-hydrogen) atoms. The largest absolute Gasteiger partial charge is 0.372 e. The van der Waals surface area contributed by atoms with Crippen LogP contribution in [0.5, 0.6) is 0 Å². The van der Waals surface area contributed by atoms with E-state index in [2.05, 4.69) is 155 Å². The maximum atomic E-state index is 2.98. The first-order valence-corrected chi connectivity index (χ1v) is 30.2. The lowest BCUT2D eigenvalue weighted by Gasteiger charge is -2.54. The molecule has 13 rings (SSSR count). The molecule has 0 saturated carbocycles. The third kappa shape index (κ3) is 6.65. The third-order valence-corrected chi connectivity index (χ3v) is 21.2. The minimum Gasteiger partial charge on any atom is -0.372 e. The first-order valence-electron chi connectivity index (χ1n) is 26.9. The molecule has 4 aromatic carbocycles. The molecule has 0 amide bonds. The van der Waals surface area contributed by atoms with Crippen molar-refractivity contribution in [2.24, 2.45) is 0 Å². The van der Waals surface area contributed by atoms with Crippen molar-refractivity contribution in [3.8, 4) is 41.8 Å². The van der Waals surface area contributed by atoms with Crippen molar-refractivity contribution >= 4 is 125 Å². The van der Waals surface area contributed by atoms with Gasteiger partial charge in [-0.3, -0.25) is 0 Å². The van der Waals surface area contributed by atoms with Gasteiger partial charge in [0.15, 0.2) is 0 Å². The Kier molecular flexibility index (Phi) is 11.6. The molecule has 2 nitrogen and oxygen atoms in total. The Hall–Kier alpha value is -4.07. The van der Waals surface area contributed by atoms with Gasteiger partial charge in [0, 0.05) is 61.3 Å². The standard InChI is InChI=1S/C60H64B2N2S4/c1-5-9-13-17-25-37-33-45-57(65-37)49-41-29-21-22-30-42(41)50-54-53(49)63-55-51(58-46(61(45)63)34-38(66-58)26-18-14-10-6-2)43-31-23-24-32-44(43)52-56(55)64(54)62(47-35-39(67-59(47)50)27-19-15-11-7-3)48-36-40(68-60(48)52)28-20-16-12-8-4/h21-24,29-36H,5-20,25-28H2,1-4H3. The van der Waals surface area contributed by atoms with Gasteiger partial charge in [0.05, 0.1) is 22.7 Å². The lowest BCUT2D eigenvalue weighted by atomic mass is 9.41. The Morgan fingerprint density at radius 1 is 0.338 bits per heavy atom. The number of fused-ring (bicyclic) bond motifs is 18. The molecular weight excluding hydrogens is 899 g/mol. The molecule has 0 unspecified atom stereocenters. The highest BCUT2D eigenvalue weighted by molar-refractivity contribution is 7.23. The maximum Gasteiger partial charge on any atom is 0.331 e. The fourth-order valence-electron chi connectivity index (χ4n) is 13.1. The number of unbranched alkanes of at least 4 members (excludes halogenated alkanes) is 12. The lowest BCUT2D eigenvalue weighted by molar-refractivity contribution is 0.670. The van der Waals surface area contributed by atoms with E-state index in [4.69, 9.17) is 0 Å². The molecular formula is C60H64B2N2S4. The van der Waals surface area contributed by atoms with E-state index in [-0.39, 0.29) is 13.7 Å². The van der Waals surface area contributed by atoms with Crippen LogP contribution >= 0.6 is 45.3 Å². The van der Waals surface area contributed by atoms with Crippen LogP contribution in [-0.2, 0) is 25.7 Å². The average molecular weight is 963 g/mol. The van der Waals surface area contributed by atoms with Gasteiger partial charge in [-0.2, -0.15) is 0 Å². The molecule has 344 valence electrons. The van der Waals surface area contributed by atoms with E-state index in [1.54, 1.807) is 41.4 Å². The summed E-state index contributed by atoms with van der Waals surface area (Å²) < 4.78 is 0. The minimum absolute atomic E-state index is 0.148. The number of thiophene rings is 4. The molecule has 8 heteroatoms. The second-order valence-electron chi connectivity index (χ2n) is 20.8. The van der Waals surface area contributed by atoms with Gasteiger partial charge in [0.25, 0.3) is 0 Å². The summed E-state index contributed by atoms with van der Waals surface area (Å²) in [5.41, 5.74) is 18.1. The van der Waals surface area contributed by atoms with Crippen molar-refractivity contribution in [2.45, 2.75) is 156 Å². The monoisotopic (exact) mass is 962 g/mol. The molecule has 0 fully saturated rings. The van der Waals surface area contributed by atoms with Crippen molar-refractivity contribution < 1.29 is 0 Å². The molecule has 9 heterocycles. The van der Waals surface area contributed by atoms with Crippen LogP contribution in [0.15, 0.2) is 72.8 Å². The van der Waals surface area contributed by atoms with Crippen LogP contribution < -0.4 is 31.5 Å². The number of aryl methyl sites for hydroxylation is 4. The van der Waals surface area contributed by atoms with E-state index < -0.39 is 0 Å². The van der Waals surface area contributed by atoms with Gasteiger partial charge in [0.1, 0.15) is 0 Å². The second-order valence-corrected chi connectivity index (χ2v) is 25.3. The normalized spacial score (nSPS) is 14.1. The van der Waals surface area contributed by atoms with Crippen LogP contribution in [0.4, 0.5) is 22.7 Å². The topological polar surface area (TPSA) is 6.48 Å². The van der Waals surface area contributed by atoms with Crippen LogP contribution in [0.1, 0.15) is 150 Å². The highest BCUT2D eigenvalue weighted by Gasteiger charge is 2.57. The Balaban J connectivity index is 1.14. The molecule has 5 aliphatic rings. The first kappa shape index (κ1) is 43.9. The zero-order valence-electron chi connectivity index (χ0n) is 40.8. The van der Waals surface area contributed by atoms with E-state index in [9.17, 15) is 0 Å². The second kappa shape index (κ2) is 18.0. The molecule has 4 aromatic heterocycles. The Morgan fingerprint density at radius 2 is 0.588 bits per heavy atom. The van der Waals surface area contributed by atoms with Gasteiger partial charge in [-0.25, -0.2) is 0 Å². The number of nitrogens with zero attached hydrogens (tertiary/aromatic N) is 2. The third-order valence-electron chi connectivity index (χ3n) is 16.2. The number of rotatable bonds is 20. The molecule has 5 aliphatic heterocycles. The molecule has 0 atom stereocenters. The summed E-state index contributed by atoms with van der Waals surface area (Å²) in [5, 5.41) is 5.74. The van der Waals surface area contributed by atoms with Gasteiger partial charge >= 0.3 is 13.7 Å². The summed E-state index contributed by atoms with van der Waals surface area (Å²) in [4.78, 5) is 18.4. The van der Waals surface area contributed by atoms with E-state index in [0.717, 1.165) is 0 Å². The highest BCUT2D eigenvalue weighted by Crippen LogP contribution is 2.69. The Labute approximate surface area is 422 Å². The van der Waals surface area contributed by atoms with Gasteiger partial charge in [-0.15, -0.1) is 45.3 Å². The summed E-state index contributed by atoms with van der Waals surface area (Å²) in [7, 11) is 0. The van der Waals surface area contributed by atoms with Crippen LogP contribution in [0, 0.1) is 0 Å². The lowest BCUT2D eigenvalue weighted by Crippen LogP contribution is -2.64. The molecule has 0 saturated heterocycles. The minimum atomic E-state index is 0.148. The predicted molar refractivity (Wildman–Crippen MR) is 307 cm³/mol. The molecule has 0 spiro atoms. The van der Waals surface area contributed by atoms with Gasteiger partial charge in [-0.05, 0) is 94.8 Å². The summed E-state index contributed by atoms with van der Waals surface area (Å²) >= 11 is 8.56. The van der Waals surface area contributed by atoms with Crippen LogP contribution in [0.2, 0.25) is 0 Å². The van der Waals surface area contributed by atoms with Crippen LogP contribution in [0.3, 0.4) is 0 Å². The number of benzene rings is 4. The van der Waals surface area contributed by atoms with Crippen molar-refractivity contribution in [3.05, 3.63) is 92.3 Å². The van der Waals surface area contributed by atoms with Crippen molar-refractivity contribution in [3.63, 3.8) is 0 Å². The zero-order chi connectivity index (χ0) is 45.6. The summed E-state index contributed by atoms with van der Waals surface area (Å²) in [6.45, 7) is 9.66. The molecule has 0 N–H and O–H groups in total. The van der Waals surface area contributed by atoms with E-state index >= 15 is 0 Å². The van der Waals surface area contributed by atoms with Crippen molar-refractivity contribution in [2.75, 3.05) is 9.62 Å². The Morgan fingerprint density at radius 3 is 0.824 bits per heavy atom. The molecule has 0 radical (unpaired) electrons. The number of hydrogen-bond acceptors (Lipinski definition) is 6. The molecule has 0 aliphatic carbocycles. The maximum absolute atomic E-state index is 2.98. The van der Waals surface area contributed by atoms with Crippen molar-refractivity contribution in [1.29, 1.82) is 0 Å². The van der Waals surface area contributed by atoms with Gasteiger partial charge in [-0.1, -0.05) is 178 Å². The van der Waals surface area contributed by atoms with Crippen LogP contribution in [0.25, 0.3) is 63.3 Å². The SMILES string of the molecule is CCCCCCc1cc2c(s1)-c1c3c4c(c5ccccc15)-c1sc(CCCCCC)cc1B1c5cc(CCCCCC)sc5-c5c(c6c(c7ccccc57)-c5sc(CCCCCC)cc5B2N36)N14. The predicted octanol–water partition coefficient (Wildman–Crippen LogP) is 16.9. The number of anilines is 4. The average Bonchev–Trinajstić information content (AvgIpc) is 4.18. The van der Waals surface area contributed by atoms with E-state index in [1.165, 1.54) is 214 Å². The first-order chi connectivity index (χ1) is 33.6. The van der Waals surface area contributed by atoms with E-state index in [1.807, 2.05) is 0 Å². The van der Waals surface area contributed by atoms with E-state index in [0.29, 0.717) is 0 Å². The summed E-state index contributed by atoms with van der Waals surface area (Å²) in [6, 6.07) is 30.1. The Bertz CT molecular complexity index is 2830. The van der Waals surface area contributed by atoms with Gasteiger partial charge < -0.3 is 9.62 Å². The molecule has 0 bridgehead atoms. The van der Waals surface area contributed by atoms with Crippen LogP contribution in [-0.4, -0.2) is 13.7 Å². The fourth-order valence-corrected chi connectivity index (χ4v) is 18.3. The zero-order valence-corrected chi connectivity index (χ0v) is 44.0. The highest BCUT2D eigenvalue weighted by atomic mass is 32.1. The van der Waals surface area contributed by atoms with Crippen molar-refractivity contribution in [1.82, 2.24) is 0 Å². The number of hydrogen-bond donors (Lipinski definition) is 0. The smallest absolute Gasteiger partial charge is 0.331 e. The fraction of sp³-hybridized carbons (Fsp3) is 0.400. The van der Waals surface area contributed by atoms with Gasteiger partial charge in [0.2, 0.25) is 0 Å². The molecule has 8 aromatic rings. The summed E-state index contributed by atoms with van der Waals surface area (Å²) in [5.74, 6) is 0. The quantitative estimate of drug-likeness (QED) is 0.0555.